The van der Waals surface area contributed by atoms with Gasteiger partial charge in [-0.3, -0.25) is 4.98 Å². The van der Waals surface area contributed by atoms with Crippen LogP contribution in [0.25, 0.3) is 0 Å². The van der Waals surface area contributed by atoms with Crippen molar-refractivity contribution in [3.8, 4) is 0 Å². The van der Waals surface area contributed by atoms with Gasteiger partial charge in [0, 0.05) is 31.6 Å². The summed E-state index contributed by atoms with van der Waals surface area (Å²) >= 11 is 0. The topological polar surface area (TPSA) is 34.1 Å². The Labute approximate surface area is 126 Å². The summed E-state index contributed by atoms with van der Waals surface area (Å²) in [5, 5.41) is 3.82. The van der Waals surface area contributed by atoms with E-state index in [4.69, 9.17) is 4.74 Å². The van der Waals surface area contributed by atoms with E-state index in [0.29, 0.717) is 6.04 Å². The Kier molecular flexibility index (Phi) is 4.63. The van der Waals surface area contributed by atoms with Gasteiger partial charge < -0.3 is 10.1 Å². The molecule has 1 aliphatic heterocycles. The summed E-state index contributed by atoms with van der Waals surface area (Å²) in [5.74, 6) is 0. The number of hydrogen-bond donors (Lipinski definition) is 1. The second kappa shape index (κ2) is 6.83. The van der Waals surface area contributed by atoms with Crippen LogP contribution < -0.4 is 5.32 Å². The van der Waals surface area contributed by atoms with Crippen molar-refractivity contribution in [2.24, 2.45) is 0 Å². The third kappa shape index (κ3) is 3.49. The highest BCUT2D eigenvalue weighted by Crippen LogP contribution is 2.26. The first-order chi connectivity index (χ1) is 10.3. The molecule has 2 aromatic rings. The number of aromatic nitrogens is 1. The van der Waals surface area contributed by atoms with Gasteiger partial charge in [-0.1, -0.05) is 24.3 Å². The van der Waals surface area contributed by atoms with Crippen molar-refractivity contribution in [3.63, 3.8) is 0 Å². The lowest BCUT2D eigenvalue weighted by Crippen LogP contribution is -2.38. The molecule has 1 atom stereocenters. The molecule has 1 saturated heterocycles. The first kappa shape index (κ1) is 14.2. The molecule has 110 valence electrons. The van der Waals surface area contributed by atoms with Gasteiger partial charge in [-0.15, -0.1) is 0 Å². The fraction of sp³-hybridized carbons (Fsp3) is 0.389. The molecule has 0 aliphatic carbocycles. The number of rotatable bonds is 4. The van der Waals surface area contributed by atoms with Crippen LogP contribution in [0.5, 0.6) is 0 Å². The molecule has 1 unspecified atom stereocenters. The van der Waals surface area contributed by atoms with E-state index in [0.717, 1.165) is 26.1 Å². The van der Waals surface area contributed by atoms with Gasteiger partial charge in [-0.25, -0.2) is 0 Å². The minimum absolute atomic E-state index is 0.220. The van der Waals surface area contributed by atoms with Crippen molar-refractivity contribution >= 4 is 0 Å². The second-order valence-electron chi connectivity index (χ2n) is 5.62. The molecule has 1 aromatic carbocycles. The first-order valence-corrected chi connectivity index (χ1v) is 7.64. The molecule has 3 nitrogen and oxygen atoms in total. The third-order valence-corrected chi connectivity index (χ3v) is 4.16. The van der Waals surface area contributed by atoms with Gasteiger partial charge in [-0.2, -0.15) is 0 Å². The van der Waals surface area contributed by atoms with Crippen molar-refractivity contribution in [1.29, 1.82) is 0 Å². The number of ether oxygens (including phenoxy) is 1. The van der Waals surface area contributed by atoms with E-state index >= 15 is 0 Å². The molecular weight excluding hydrogens is 260 g/mol. The summed E-state index contributed by atoms with van der Waals surface area (Å²) in [6.07, 6.45) is 5.89. The van der Waals surface area contributed by atoms with Gasteiger partial charge in [0.15, 0.2) is 0 Å². The fourth-order valence-corrected chi connectivity index (χ4v) is 2.93. The van der Waals surface area contributed by atoms with E-state index in [1.54, 1.807) is 0 Å². The van der Waals surface area contributed by atoms with E-state index < -0.39 is 0 Å². The van der Waals surface area contributed by atoms with Gasteiger partial charge in [0.2, 0.25) is 0 Å². The Morgan fingerprint density at radius 2 is 1.81 bits per heavy atom. The summed E-state index contributed by atoms with van der Waals surface area (Å²) in [6, 6.07) is 13.5. The van der Waals surface area contributed by atoms with Crippen molar-refractivity contribution in [2.75, 3.05) is 13.2 Å². The molecule has 0 radical (unpaired) electrons. The number of benzene rings is 1. The highest BCUT2D eigenvalue weighted by atomic mass is 16.5. The first-order valence-electron chi connectivity index (χ1n) is 7.64. The quantitative estimate of drug-likeness (QED) is 0.934. The van der Waals surface area contributed by atoms with E-state index in [1.807, 2.05) is 12.4 Å². The zero-order valence-corrected chi connectivity index (χ0v) is 12.5. The highest BCUT2D eigenvalue weighted by molar-refractivity contribution is 5.36. The molecule has 0 spiro atoms. The van der Waals surface area contributed by atoms with E-state index in [9.17, 15) is 0 Å². The molecule has 0 amide bonds. The van der Waals surface area contributed by atoms with Crippen LogP contribution in [-0.4, -0.2) is 24.2 Å². The molecule has 2 heterocycles. The normalized spacial score (nSPS) is 17.6. The molecular formula is C18H22N2O. The average molecular weight is 282 g/mol. The number of aryl methyl sites for hydroxylation is 1. The Bertz CT molecular complexity index is 564. The zero-order valence-electron chi connectivity index (χ0n) is 12.5. The lowest BCUT2D eigenvalue weighted by atomic mass is 9.94. The van der Waals surface area contributed by atoms with Crippen molar-refractivity contribution in [1.82, 2.24) is 10.3 Å². The van der Waals surface area contributed by atoms with Crippen molar-refractivity contribution in [2.45, 2.75) is 31.8 Å². The smallest absolute Gasteiger partial charge is 0.0582 e. The largest absolute Gasteiger partial charge is 0.381 e. The molecule has 0 saturated carbocycles. The van der Waals surface area contributed by atoms with E-state index in [1.165, 1.54) is 16.7 Å². The number of nitrogens with one attached hydrogen (secondary N) is 1. The van der Waals surface area contributed by atoms with Crippen LogP contribution in [0.4, 0.5) is 0 Å². The van der Waals surface area contributed by atoms with Crippen LogP contribution in [0, 0.1) is 6.92 Å². The van der Waals surface area contributed by atoms with Gasteiger partial charge in [-0.05, 0) is 48.6 Å². The Morgan fingerprint density at radius 1 is 1.10 bits per heavy atom. The molecule has 1 aliphatic rings. The maximum atomic E-state index is 5.47. The summed E-state index contributed by atoms with van der Waals surface area (Å²) < 4.78 is 5.47. The van der Waals surface area contributed by atoms with E-state index in [2.05, 4.69) is 53.6 Å². The Balaban J connectivity index is 1.89. The maximum absolute atomic E-state index is 5.47. The third-order valence-electron chi connectivity index (χ3n) is 4.16. The summed E-state index contributed by atoms with van der Waals surface area (Å²) in [6.45, 7) is 3.89. The van der Waals surface area contributed by atoms with Gasteiger partial charge >= 0.3 is 0 Å². The van der Waals surface area contributed by atoms with Gasteiger partial charge in [0.1, 0.15) is 0 Å². The summed E-state index contributed by atoms with van der Waals surface area (Å²) in [5.41, 5.74) is 3.93. The van der Waals surface area contributed by atoms with Crippen LogP contribution in [0.1, 0.15) is 35.6 Å². The summed E-state index contributed by atoms with van der Waals surface area (Å²) in [7, 11) is 0. The molecule has 3 rings (SSSR count). The molecule has 21 heavy (non-hydrogen) atoms. The van der Waals surface area contributed by atoms with Crippen LogP contribution >= 0.6 is 0 Å². The predicted octanol–water partition coefficient (Wildman–Crippen LogP) is 3.25. The second-order valence-corrected chi connectivity index (χ2v) is 5.62. The van der Waals surface area contributed by atoms with Crippen LogP contribution in [-0.2, 0) is 4.74 Å². The van der Waals surface area contributed by atoms with Crippen molar-refractivity contribution < 1.29 is 4.74 Å². The van der Waals surface area contributed by atoms with Crippen LogP contribution in [0.2, 0.25) is 0 Å². The minimum atomic E-state index is 0.220. The Hall–Kier alpha value is -1.71. The number of hydrogen-bond acceptors (Lipinski definition) is 3. The van der Waals surface area contributed by atoms with E-state index in [-0.39, 0.29) is 6.04 Å². The molecule has 1 aromatic heterocycles. The highest BCUT2D eigenvalue weighted by Gasteiger charge is 2.21. The predicted molar refractivity (Wildman–Crippen MR) is 84.2 cm³/mol. The Morgan fingerprint density at radius 3 is 2.52 bits per heavy atom. The molecule has 1 N–H and O–H groups in total. The monoisotopic (exact) mass is 282 g/mol. The minimum Gasteiger partial charge on any atom is -0.381 e. The number of nitrogens with zero attached hydrogens (tertiary/aromatic N) is 1. The fourth-order valence-electron chi connectivity index (χ4n) is 2.93. The average Bonchev–Trinajstić information content (AvgIpc) is 2.55. The summed E-state index contributed by atoms with van der Waals surface area (Å²) in [4.78, 5) is 4.14. The van der Waals surface area contributed by atoms with Crippen LogP contribution in [0.15, 0.2) is 48.8 Å². The molecule has 3 heteroatoms. The maximum Gasteiger partial charge on any atom is 0.0582 e. The SMILES string of the molecule is Cc1ccccc1C(NC1CCOCC1)c1ccncc1. The lowest BCUT2D eigenvalue weighted by molar-refractivity contribution is 0.0760. The standard InChI is InChI=1S/C18H22N2O/c1-14-4-2-3-5-17(14)18(15-6-10-19-11-7-15)20-16-8-12-21-13-9-16/h2-7,10-11,16,18,20H,8-9,12-13H2,1H3. The number of pyridine rings is 1. The lowest BCUT2D eigenvalue weighted by Gasteiger charge is -2.30. The van der Waals surface area contributed by atoms with Crippen LogP contribution in [0.3, 0.4) is 0 Å². The van der Waals surface area contributed by atoms with Crippen molar-refractivity contribution in [3.05, 3.63) is 65.5 Å². The molecule has 0 bridgehead atoms. The zero-order chi connectivity index (χ0) is 14.5. The molecule has 1 fully saturated rings. The van der Waals surface area contributed by atoms with Gasteiger partial charge in [0.25, 0.3) is 0 Å². The van der Waals surface area contributed by atoms with Gasteiger partial charge in [0.05, 0.1) is 6.04 Å².